The number of nitrogens with zero attached hydrogens (tertiary/aromatic N) is 2. The van der Waals surface area contributed by atoms with Crippen molar-refractivity contribution in [2.24, 2.45) is 0 Å². The van der Waals surface area contributed by atoms with Crippen molar-refractivity contribution in [1.82, 2.24) is 5.32 Å². The van der Waals surface area contributed by atoms with Gasteiger partial charge in [0, 0.05) is 43.5 Å². The van der Waals surface area contributed by atoms with Crippen LogP contribution < -0.4 is 15.1 Å². The van der Waals surface area contributed by atoms with Crippen molar-refractivity contribution in [1.29, 1.82) is 0 Å². The molecule has 0 aliphatic carbocycles. The van der Waals surface area contributed by atoms with E-state index in [0.29, 0.717) is 12.5 Å². The van der Waals surface area contributed by atoms with Gasteiger partial charge in [-0.1, -0.05) is 19.4 Å². The number of hydrogen-bond donors (Lipinski definition) is 1. The number of rotatable bonds is 6. The van der Waals surface area contributed by atoms with Crippen molar-refractivity contribution in [2.45, 2.75) is 51.5 Å². The fraction of sp³-hybridized carbons (Fsp3) is 0.632. The molecule has 0 unspecified atom stereocenters. The van der Waals surface area contributed by atoms with Crippen LogP contribution in [0.4, 0.5) is 11.4 Å². The van der Waals surface area contributed by atoms with Gasteiger partial charge in [0.25, 0.3) is 0 Å². The second-order valence-corrected chi connectivity index (χ2v) is 6.74. The van der Waals surface area contributed by atoms with Crippen LogP contribution in [0.25, 0.3) is 0 Å². The Labute approximate surface area is 139 Å². The lowest BCUT2D eigenvalue weighted by Crippen LogP contribution is -2.42. The maximum atomic E-state index is 11.9. The molecule has 1 aromatic carbocycles. The predicted molar refractivity (Wildman–Crippen MR) is 96.2 cm³/mol. The highest BCUT2D eigenvalue weighted by Gasteiger charge is 2.23. The van der Waals surface area contributed by atoms with E-state index < -0.39 is 0 Å². The SMILES string of the molecule is CCCCNC1CCN(c2cccc(N3CCCC3=O)c2)CC1. The quantitative estimate of drug-likeness (QED) is 0.819. The van der Waals surface area contributed by atoms with Crippen LogP contribution in [0, 0.1) is 0 Å². The first kappa shape index (κ1) is 16.3. The number of anilines is 2. The van der Waals surface area contributed by atoms with Gasteiger partial charge in [-0.25, -0.2) is 0 Å². The zero-order chi connectivity index (χ0) is 16.1. The Morgan fingerprint density at radius 1 is 1.17 bits per heavy atom. The monoisotopic (exact) mass is 315 g/mol. The van der Waals surface area contributed by atoms with E-state index >= 15 is 0 Å². The number of carbonyl (C=O) groups is 1. The maximum Gasteiger partial charge on any atom is 0.227 e. The Balaban J connectivity index is 1.57. The molecular weight excluding hydrogens is 286 g/mol. The Bertz CT molecular complexity index is 523. The van der Waals surface area contributed by atoms with E-state index in [2.05, 4.69) is 41.4 Å². The molecule has 4 heteroatoms. The third-order valence-corrected chi connectivity index (χ3v) is 5.04. The zero-order valence-electron chi connectivity index (χ0n) is 14.3. The first-order chi connectivity index (χ1) is 11.3. The molecular formula is C19H29N3O. The molecule has 0 aromatic heterocycles. The van der Waals surface area contributed by atoms with E-state index in [9.17, 15) is 4.79 Å². The molecule has 2 saturated heterocycles. The highest BCUT2D eigenvalue weighted by Crippen LogP contribution is 2.27. The minimum Gasteiger partial charge on any atom is -0.371 e. The Morgan fingerprint density at radius 3 is 2.65 bits per heavy atom. The van der Waals surface area contributed by atoms with E-state index in [-0.39, 0.29) is 5.91 Å². The summed E-state index contributed by atoms with van der Waals surface area (Å²) in [6, 6.07) is 9.18. The average Bonchev–Trinajstić information content (AvgIpc) is 3.02. The van der Waals surface area contributed by atoms with Crippen molar-refractivity contribution < 1.29 is 4.79 Å². The molecule has 2 aliphatic heterocycles. The summed E-state index contributed by atoms with van der Waals surface area (Å²) in [6.45, 7) is 6.45. The van der Waals surface area contributed by atoms with E-state index in [0.717, 1.165) is 38.3 Å². The lowest BCUT2D eigenvalue weighted by atomic mass is 10.0. The van der Waals surface area contributed by atoms with Gasteiger partial charge in [-0.05, 0) is 50.4 Å². The Hall–Kier alpha value is -1.55. The normalized spacial score (nSPS) is 19.6. The molecule has 1 amide bonds. The Morgan fingerprint density at radius 2 is 1.96 bits per heavy atom. The van der Waals surface area contributed by atoms with Gasteiger partial charge >= 0.3 is 0 Å². The van der Waals surface area contributed by atoms with Gasteiger partial charge in [0.15, 0.2) is 0 Å². The molecule has 0 saturated carbocycles. The highest BCUT2D eigenvalue weighted by atomic mass is 16.2. The third-order valence-electron chi connectivity index (χ3n) is 5.04. The standard InChI is InChI=1S/C19H29N3O/c1-2-3-11-20-16-9-13-21(14-10-16)17-6-4-7-18(15-17)22-12-5-8-19(22)23/h4,6-7,15-16,20H,2-3,5,8-14H2,1H3. The van der Waals surface area contributed by atoms with Crippen LogP contribution in [-0.4, -0.2) is 38.1 Å². The summed E-state index contributed by atoms with van der Waals surface area (Å²) in [5.41, 5.74) is 2.32. The number of benzene rings is 1. The molecule has 2 aliphatic rings. The van der Waals surface area contributed by atoms with Crippen molar-refractivity contribution in [2.75, 3.05) is 36.0 Å². The molecule has 2 heterocycles. The highest BCUT2D eigenvalue weighted by molar-refractivity contribution is 5.95. The molecule has 0 atom stereocenters. The van der Waals surface area contributed by atoms with Crippen molar-refractivity contribution in [3.63, 3.8) is 0 Å². The molecule has 23 heavy (non-hydrogen) atoms. The summed E-state index contributed by atoms with van der Waals surface area (Å²) in [5.74, 6) is 0.265. The maximum absolute atomic E-state index is 11.9. The molecule has 4 nitrogen and oxygen atoms in total. The Kier molecular flexibility index (Phi) is 5.55. The van der Waals surface area contributed by atoms with Crippen molar-refractivity contribution in [3.05, 3.63) is 24.3 Å². The molecule has 2 fully saturated rings. The largest absolute Gasteiger partial charge is 0.371 e. The number of unbranched alkanes of at least 4 members (excludes halogenated alkanes) is 1. The molecule has 126 valence electrons. The van der Waals surface area contributed by atoms with Crippen molar-refractivity contribution >= 4 is 17.3 Å². The van der Waals surface area contributed by atoms with Crippen LogP contribution in [-0.2, 0) is 4.79 Å². The predicted octanol–water partition coefficient (Wildman–Crippen LogP) is 3.17. The summed E-state index contributed by atoms with van der Waals surface area (Å²) in [6.07, 6.45) is 6.62. The van der Waals surface area contributed by atoms with Crippen LogP contribution >= 0.6 is 0 Å². The van der Waals surface area contributed by atoms with Crippen molar-refractivity contribution in [3.8, 4) is 0 Å². The minimum absolute atomic E-state index is 0.265. The molecule has 1 aromatic rings. The third kappa shape index (κ3) is 4.05. The first-order valence-corrected chi connectivity index (χ1v) is 9.16. The summed E-state index contributed by atoms with van der Waals surface area (Å²) in [5, 5.41) is 3.68. The number of carbonyl (C=O) groups excluding carboxylic acids is 1. The fourth-order valence-corrected chi connectivity index (χ4v) is 3.60. The van der Waals surface area contributed by atoms with E-state index in [1.54, 1.807) is 0 Å². The van der Waals surface area contributed by atoms with Crippen LogP contribution in [0.2, 0.25) is 0 Å². The van der Waals surface area contributed by atoms with Crippen LogP contribution in [0.5, 0.6) is 0 Å². The number of hydrogen-bond acceptors (Lipinski definition) is 3. The van der Waals surface area contributed by atoms with Crippen LogP contribution in [0.15, 0.2) is 24.3 Å². The molecule has 1 N–H and O–H groups in total. The second-order valence-electron chi connectivity index (χ2n) is 6.74. The molecule has 0 bridgehead atoms. The topological polar surface area (TPSA) is 35.6 Å². The van der Waals surface area contributed by atoms with E-state index in [4.69, 9.17) is 0 Å². The first-order valence-electron chi connectivity index (χ1n) is 9.16. The van der Waals surface area contributed by atoms with Gasteiger partial charge < -0.3 is 15.1 Å². The summed E-state index contributed by atoms with van der Waals surface area (Å²) in [7, 11) is 0. The van der Waals surface area contributed by atoms with E-state index in [1.165, 1.54) is 31.4 Å². The van der Waals surface area contributed by atoms with Crippen LogP contribution in [0.3, 0.4) is 0 Å². The second kappa shape index (κ2) is 7.82. The van der Waals surface area contributed by atoms with Crippen LogP contribution in [0.1, 0.15) is 45.4 Å². The lowest BCUT2D eigenvalue weighted by molar-refractivity contribution is -0.117. The number of piperidine rings is 1. The van der Waals surface area contributed by atoms with Gasteiger partial charge in [0.1, 0.15) is 0 Å². The number of amides is 1. The van der Waals surface area contributed by atoms with E-state index in [1.807, 2.05) is 4.90 Å². The van der Waals surface area contributed by atoms with Gasteiger partial charge in [0.05, 0.1) is 0 Å². The smallest absolute Gasteiger partial charge is 0.227 e. The van der Waals surface area contributed by atoms with Gasteiger partial charge in [-0.3, -0.25) is 4.79 Å². The summed E-state index contributed by atoms with van der Waals surface area (Å²) in [4.78, 5) is 16.3. The fourth-order valence-electron chi connectivity index (χ4n) is 3.60. The molecule has 0 radical (unpaired) electrons. The zero-order valence-corrected chi connectivity index (χ0v) is 14.3. The minimum atomic E-state index is 0.265. The lowest BCUT2D eigenvalue weighted by Gasteiger charge is -2.34. The average molecular weight is 315 g/mol. The molecule has 3 rings (SSSR count). The molecule has 0 spiro atoms. The summed E-state index contributed by atoms with van der Waals surface area (Å²) < 4.78 is 0. The van der Waals surface area contributed by atoms with Gasteiger partial charge in [-0.15, -0.1) is 0 Å². The number of nitrogens with one attached hydrogen (secondary N) is 1. The summed E-state index contributed by atoms with van der Waals surface area (Å²) >= 11 is 0. The van der Waals surface area contributed by atoms with Gasteiger partial charge in [0.2, 0.25) is 5.91 Å². The van der Waals surface area contributed by atoms with Gasteiger partial charge in [-0.2, -0.15) is 0 Å².